The molecule has 11 aromatic rings. The zero-order chi connectivity index (χ0) is 41.7. The lowest BCUT2D eigenvalue weighted by molar-refractivity contribution is 0.768. The molecule has 0 spiro atoms. The monoisotopic (exact) mass is 802 g/mol. The van der Waals surface area contributed by atoms with Crippen molar-refractivity contribution < 1.29 is 0 Å². The van der Waals surface area contributed by atoms with Gasteiger partial charge in [0.05, 0.1) is 16.4 Å². The van der Waals surface area contributed by atoms with Crippen LogP contribution in [0.5, 0.6) is 0 Å². The summed E-state index contributed by atoms with van der Waals surface area (Å²) in [7, 11) is 0. The fourth-order valence-electron chi connectivity index (χ4n) is 10.3. The van der Waals surface area contributed by atoms with Crippen LogP contribution >= 0.6 is 0 Å². The Hall–Kier alpha value is -8.20. The van der Waals surface area contributed by atoms with Crippen LogP contribution in [-0.4, -0.2) is 4.57 Å². The van der Waals surface area contributed by atoms with E-state index in [1.54, 1.807) is 0 Å². The van der Waals surface area contributed by atoms with E-state index in [2.05, 4.69) is 264 Å². The van der Waals surface area contributed by atoms with Crippen molar-refractivity contribution in [3.63, 3.8) is 0 Å². The van der Waals surface area contributed by atoms with Gasteiger partial charge in [0, 0.05) is 33.5 Å². The second-order valence-electron chi connectivity index (χ2n) is 16.5. The lowest BCUT2D eigenvalue weighted by Crippen LogP contribution is -2.28. The zero-order valence-corrected chi connectivity index (χ0v) is 34.6. The maximum absolute atomic E-state index is 2.46. The summed E-state index contributed by atoms with van der Waals surface area (Å²) in [6, 6.07) is 93.3. The maximum Gasteiger partial charge on any atom is 0.0714 e. The molecule has 1 aliphatic rings. The van der Waals surface area contributed by atoms with Crippen LogP contribution in [0.1, 0.15) is 22.3 Å². The molecule has 0 bridgehead atoms. The quantitative estimate of drug-likeness (QED) is 0.149. The van der Waals surface area contributed by atoms with Crippen molar-refractivity contribution in [1.29, 1.82) is 0 Å². The number of hydrogen-bond donors (Lipinski definition) is 0. The maximum atomic E-state index is 2.46. The van der Waals surface area contributed by atoms with E-state index in [9.17, 15) is 0 Å². The third-order valence-corrected chi connectivity index (χ3v) is 13.1. The number of benzene rings is 10. The van der Waals surface area contributed by atoms with Crippen molar-refractivity contribution in [2.24, 2.45) is 0 Å². The SMILES string of the molecule is c1ccc(-c2ccc(-c3ccc(N(c4ccc5c(c4)C(c4ccccc4)(c4ccccc4)c4ccccc4-5)c4ccc5c(c4)c4ccccc4n5-c4ccccc4)cc3)cc2)cc1. The normalized spacial score (nSPS) is 12.6. The Morgan fingerprint density at radius 3 is 1.43 bits per heavy atom. The first-order valence-corrected chi connectivity index (χ1v) is 21.8. The molecule has 10 aromatic carbocycles. The molecule has 0 unspecified atom stereocenters. The summed E-state index contributed by atoms with van der Waals surface area (Å²) in [5.41, 5.74) is 18.7. The summed E-state index contributed by atoms with van der Waals surface area (Å²) >= 11 is 0. The van der Waals surface area contributed by atoms with Gasteiger partial charge in [0.15, 0.2) is 0 Å². The number of anilines is 3. The Morgan fingerprint density at radius 2 is 0.762 bits per heavy atom. The van der Waals surface area contributed by atoms with Gasteiger partial charge in [0.2, 0.25) is 0 Å². The Morgan fingerprint density at radius 1 is 0.302 bits per heavy atom. The van der Waals surface area contributed by atoms with Gasteiger partial charge < -0.3 is 9.47 Å². The minimum Gasteiger partial charge on any atom is -0.310 e. The van der Waals surface area contributed by atoms with E-state index in [0.29, 0.717) is 0 Å². The first-order valence-electron chi connectivity index (χ1n) is 21.8. The minimum absolute atomic E-state index is 0.515. The summed E-state index contributed by atoms with van der Waals surface area (Å²) in [5, 5.41) is 2.44. The van der Waals surface area contributed by atoms with Crippen LogP contribution in [0, 0.1) is 0 Å². The number of aromatic nitrogens is 1. The summed E-state index contributed by atoms with van der Waals surface area (Å²) in [6.45, 7) is 0. The van der Waals surface area contributed by atoms with Gasteiger partial charge in [-0.25, -0.2) is 0 Å². The first-order chi connectivity index (χ1) is 31.3. The van der Waals surface area contributed by atoms with Gasteiger partial charge in [-0.2, -0.15) is 0 Å². The zero-order valence-electron chi connectivity index (χ0n) is 34.6. The van der Waals surface area contributed by atoms with Crippen molar-refractivity contribution in [2.75, 3.05) is 4.90 Å². The topological polar surface area (TPSA) is 8.17 Å². The van der Waals surface area contributed by atoms with Gasteiger partial charge in [-0.15, -0.1) is 0 Å². The van der Waals surface area contributed by atoms with Crippen molar-refractivity contribution in [3.05, 3.63) is 277 Å². The third-order valence-electron chi connectivity index (χ3n) is 13.1. The predicted molar refractivity (Wildman–Crippen MR) is 264 cm³/mol. The van der Waals surface area contributed by atoms with E-state index < -0.39 is 5.41 Å². The smallest absolute Gasteiger partial charge is 0.0714 e. The molecule has 0 atom stereocenters. The third kappa shape index (κ3) is 5.95. The number of para-hydroxylation sites is 2. The molecule has 0 amide bonds. The molecular weight excluding hydrogens is 761 g/mol. The highest BCUT2D eigenvalue weighted by Crippen LogP contribution is 2.57. The van der Waals surface area contributed by atoms with Crippen LogP contribution < -0.4 is 4.90 Å². The number of nitrogens with zero attached hydrogens (tertiary/aromatic N) is 2. The van der Waals surface area contributed by atoms with E-state index in [1.165, 1.54) is 77.4 Å². The summed E-state index contributed by atoms with van der Waals surface area (Å²) in [4.78, 5) is 2.44. The van der Waals surface area contributed by atoms with Gasteiger partial charge >= 0.3 is 0 Å². The van der Waals surface area contributed by atoms with Crippen LogP contribution in [0.3, 0.4) is 0 Å². The molecule has 0 saturated carbocycles. The van der Waals surface area contributed by atoms with Crippen molar-refractivity contribution in [2.45, 2.75) is 5.41 Å². The minimum atomic E-state index is -0.515. The molecule has 1 aliphatic carbocycles. The second-order valence-corrected chi connectivity index (χ2v) is 16.5. The van der Waals surface area contributed by atoms with Crippen molar-refractivity contribution >= 4 is 38.9 Å². The molecule has 0 saturated heterocycles. The molecule has 1 aromatic heterocycles. The Labute approximate surface area is 368 Å². The largest absolute Gasteiger partial charge is 0.310 e. The van der Waals surface area contributed by atoms with Gasteiger partial charge in [-0.3, -0.25) is 0 Å². The molecule has 0 fully saturated rings. The van der Waals surface area contributed by atoms with E-state index in [1.807, 2.05) is 0 Å². The molecule has 0 radical (unpaired) electrons. The molecular formula is C61H42N2. The molecule has 2 heteroatoms. The lowest BCUT2D eigenvalue weighted by Gasteiger charge is -2.35. The van der Waals surface area contributed by atoms with Gasteiger partial charge in [0.25, 0.3) is 0 Å². The average molecular weight is 803 g/mol. The van der Waals surface area contributed by atoms with E-state index in [4.69, 9.17) is 0 Å². The van der Waals surface area contributed by atoms with Crippen molar-refractivity contribution in [3.8, 4) is 39.1 Å². The van der Waals surface area contributed by atoms with Crippen LogP contribution in [0.25, 0.3) is 60.9 Å². The highest BCUT2D eigenvalue weighted by Gasteiger charge is 2.46. The Balaban J connectivity index is 1.06. The number of hydrogen-bond acceptors (Lipinski definition) is 1. The highest BCUT2D eigenvalue weighted by atomic mass is 15.1. The lowest BCUT2D eigenvalue weighted by atomic mass is 9.67. The van der Waals surface area contributed by atoms with Crippen LogP contribution in [0.4, 0.5) is 17.1 Å². The van der Waals surface area contributed by atoms with Gasteiger partial charge in [-0.05, 0) is 116 Å². The summed E-state index contributed by atoms with van der Waals surface area (Å²) < 4.78 is 2.39. The fourth-order valence-corrected chi connectivity index (χ4v) is 10.3. The molecule has 12 rings (SSSR count). The molecule has 63 heavy (non-hydrogen) atoms. The molecule has 1 heterocycles. The van der Waals surface area contributed by atoms with Crippen LogP contribution in [-0.2, 0) is 5.41 Å². The highest BCUT2D eigenvalue weighted by molar-refractivity contribution is 6.10. The summed E-state index contributed by atoms with van der Waals surface area (Å²) in [6.07, 6.45) is 0. The van der Waals surface area contributed by atoms with E-state index in [0.717, 1.165) is 22.7 Å². The van der Waals surface area contributed by atoms with Gasteiger partial charge in [0.1, 0.15) is 0 Å². The Kier molecular flexibility index (Phi) is 8.76. The Bertz CT molecular complexity index is 3370. The fraction of sp³-hybridized carbons (Fsp3) is 0.0164. The van der Waals surface area contributed by atoms with Crippen molar-refractivity contribution in [1.82, 2.24) is 4.57 Å². The van der Waals surface area contributed by atoms with E-state index >= 15 is 0 Å². The first kappa shape index (κ1) is 36.6. The standard InChI is InChI=1S/C61H42N2/c1-5-17-43(18-6-1)44-29-31-45(32-30-44)46-33-35-50(36-34-46)62(51-38-40-60-56(41-51)55-26-14-16-28-59(55)63(60)49-23-11-4-12-24-49)52-37-39-54-53-25-13-15-27-57(53)61(58(54)42-52,47-19-7-2-8-20-47)48-21-9-3-10-22-48/h1-42H. The molecule has 0 aliphatic heterocycles. The predicted octanol–water partition coefficient (Wildman–Crippen LogP) is 16.0. The number of rotatable bonds is 8. The van der Waals surface area contributed by atoms with Crippen LogP contribution in [0.15, 0.2) is 255 Å². The van der Waals surface area contributed by atoms with Gasteiger partial charge in [-0.1, -0.05) is 194 Å². The molecule has 0 N–H and O–H groups in total. The second kappa shape index (κ2) is 15.1. The van der Waals surface area contributed by atoms with E-state index in [-0.39, 0.29) is 0 Å². The number of fused-ring (bicyclic) bond motifs is 6. The molecule has 296 valence electrons. The molecule has 2 nitrogen and oxygen atoms in total. The average Bonchev–Trinajstić information content (AvgIpc) is 3.86. The summed E-state index contributed by atoms with van der Waals surface area (Å²) in [5.74, 6) is 0. The van der Waals surface area contributed by atoms with Crippen LogP contribution in [0.2, 0.25) is 0 Å².